The van der Waals surface area contributed by atoms with Crippen LogP contribution in [0.5, 0.6) is 0 Å². The molecule has 1 aromatic heterocycles. The van der Waals surface area contributed by atoms with Gasteiger partial charge in [0.05, 0.1) is 0 Å². The number of halogens is 1. The summed E-state index contributed by atoms with van der Waals surface area (Å²) in [6.45, 7) is 8.45. The molecule has 0 saturated heterocycles. The lowest BCUT2D eigenvalue weighted by Gasteiger charge is -2.20. The molecule has 0 amide bonds. The zero-order valence-electron chi connectivity index (χ0n) is 10.6. The van der Waals surface area contributed by atoms with Gasteiger partial charge < -0.3 is 9.88 Å². The third-order valence-corrected chi connectivity index (χ3v) is 2.98. The van der Waals surface area contributed by atoms with Crippen LogP contribution in [-0.2, 0) is 6.54 Å². The lowest BCUT2D eigenvalue weighted by Crippen LogP contribution is -2.37. The van der Waals surface area contributed by atoms with Crippen LogP contribution in [0.4, 0.5) is 0 Å². The predicted molar refractivity (Wildman–Crippen MR) is 74.7 cm³/mol. The van der Waals surface area contributed by atoms with E-state index in [0.29, 0.717) is 0 Å². The zero-order valence-corrected chi connectivity index (χ0v) is 11.4. The molecular formula is C14H19ClN2. The fraction of sp³-hybridized carbons (Fsp3) is 0.429. The van der Waals surface area contributed by atoms with E-state index in [0.717, 1.165) is 18.1 Å². The number of hydrogen-bond acceptors (Lipinski definition) is 1. The quantitative estimate of drug-likeness (QED) is 0.879. The highest BCUT2D eigenvalue weighted by molar-refractivity contribution is 6.31. The highest BCUT2D eigenvalue weighted by Gasteiger charge is 2.08. The first-order valence-corrected chi connectivity index (χ1v) is 6.33. The summed E-state index contributed by atoms with van der Waals surface area (Å²) in [5.74, 6) is 0. The van der Waals surface area contributed by atoms with Crippen molar-refractivity contribution in [3.63, 3.8) is 0 Å². The third-order valence-electron chi connectivity index (χ3n) is 2.74. The van der Waals surface area contributed by atoms with Gasteiger partial charge in [-0.25, -0.2) is 0 Å². The first kappa shape index (κ1) is 12.5. The highest BCUT2D eigenvalue weighted by atomic mass is 35.5. The third kappa shape index (κ3) is 3.24. The number of nitrogens with zero attached hydrogens (tertiary/aromatic N) is 1. The van der Waals surface area contributed by atoms with Crippen molar-refractivity contribution in [2.24, 2.45) is 0 Å². The Morgan fingerprint density at radius 2 is 2.00 bits per heavy atom. The molecule has 0 unspecified atom stereocenters. The van der Waals surface area contributed by atoms with Crippen molar-refractivity contribution in [1.82, 2.24) is 9.88 Å². The van der Waals surface area contributed by atoms with Gasteiger partial charge in [-0.15, -0.1) is 0 Å². The van der Waals surface area contributed by atoms with Gasteiger partial charge in [0.2, 0.25) is 0 Å². The van der Waals surface area contributed by atoms with Gasteiger partial charge in [0.15, 0.2) is 0 Å². The monoisotopic (exact) mass is 250 g/mol. The molecule has 3 heteroatoms. The fourth-order valence-corrected chi connectivity index (χ4v) is 2.07. The standard InChI is InChI=1S/C14H19ClN2/c1-14(2,3)16-7-9-17-8-6-11-4-5-12(15)10-13(11)17/h4-6,8,10,16H,7,9H2,1-3H3. The predicted octanol–water partition coefficient (Wildman–Crippen LogP) is 3.68. The number of hydrogen-bond donors (Lipinski definition) is 1. The minimum atomic E-state index is 0.167. The molecular weight excluding hydrogens is 232 g/mol. The molecule has 17 heavy (non-hydrogen) atoms. The molecule has 0 fully saturated rings. The molecule has 0 aliphatic heterocycles. The maximum Gasteiger partial charge on any atom is 0.0495 e. The molecule has 2 aromatic rings. The lowest BCUT2D eigenvalue weighted by molar-refractivity contribution is 0.414. The molecule has 1 aromatic carbocycles. The molecule has 2 rings (SSSR count). The molecule has 1 N–H and O–H groups in total. The SMILES string of the molecule is CC(C)(C)NCCn1ccc2ccc(Cl)cc21. The fourth-order valence-electron chi connectivity index (χ4n) is 1.90. The van der Waals surface area contributed by atoms with Gasteiger partial charge in [0.1, 0.15) is 0 Å². The Bertz CT molecular complexity index is 508. The Morgan fingerprint density at radius 3 is 2.71 bits per heavy atom. The number of aromatic nitrogens is 1. The Balaban J connectivity index is 2.11. The molecule has 0 bridgehead atoms. The van der Waals surface area contributed by atoms with E-state index < -0.39 is 0 Å². The zero-order chi connectivity index (χ0) is 12.5. The second kappa shape index (κ2) is 4.71. The van der Waals surface area contributed by atoms with Gasteiger partial charge >= 0.3 is 0 Å². The van der Waals surface area contributed by atoms with Crippen molar-refractivity contribution >= 4 is 22.5 Å². The summed E-state index contributed by atoms with van der Waals surface area (Å²) in [4.78, 5) is 0. The Morgan fingerprint density at radius 1 is 1.24 bits per heavy atom. The maximum atomic E-state index is 6.03. The van der Waals surface area contributed by atoms with E-state index in [9.17, 15) is 0 Å². The van der Waals surface area contributed by atoms with Crippen molar-refractivity contribution < 1.29 is 0 Å². The summed E-state index contributed by atoms with van der Waals surface area (Å²) in [5.41, 5.74) is 1.37. The first-order valence-electron chi connectivity index (χ1n) is 5.95. The van der Waals surface area contributed by atoms with Crippen LogP contribution >= 0.6 is 11.6 Å². The van der Waals surface area contributed by atoms with E-state index in [2.05, 4.69) is 49.0 Å². The maximum absolute atomic E-state index is 6.03. The number of rotatable bonds is 3. The Labute approximate surface area is 108 Å². The van der Waals surface area contributed by atoms with Crippen molar-refractivity contribution in [1.29, 1.82) is 0 Å². The van der Waals surface area contributed by atoms with E-state index >= 15 is 0 Å². The normalized spacial score (nSPS) is 12.2. The summed E-state index contributed by atoms with van der Waals surface area (Å²) < 4.78 is 2.24. The van der Waals surface area contributed by atoms with Gasteiger partial charge in [-0.05, 0) is 44.4 Å². The van der Waals surface area contributed by atoms with E-state index in [-0.39, 0.29) is 5.54 Å². The summed E-state index contributed by atoms with van der Waals surface area (Å²) in [5, 5.41) is 5.52. The van der Waals surface area contributed by atoms with Crippen molar-refractivity contribution in [2.75, 3.05) is 6.54 Å². The van der Waals surface area contributed by atoms with Crippen LogP contribution in [0.3, 0.4) is 0 Å². The smallest absolute Gasteiger partial charge is 0.0495 e. The molecule has 0 saturated carbocycles. The second-order valence-electron chi connectivity index (χ2n) is 5.39. The molecule has 92 valence electrons. The van der Waals surface area contributed by atoms with Gasteiger partial charge in [0.25, 0.3) is 0 Å². The Kier molecular flexibility index (Phi) is 3.45. The van der Waals surface area contributed by atoms with Crippen LogP contribution in [0.15, 0.2) is 30.5 Å². The van der Waals surface area contributed by atoms with E-state index in [4.69, 9.17) is 11.6 Å². The number of fused-ring (bicyclic) bond motifs is 1. The highest BCUT2D eigenvalue weighted by Crippen LogP contribution is 2.20. The Hall–Kier alpha value is -0.990. The van der Waals surface area contributed by atoms with Gasteiger partial charge in [0, 0.05) is 35.4 Å². The van der Waals surface area contributed by atoms with Crippen LogP contribution in [0.25, 0.3) is 10.9 Å². The van der Waals surface area contributed by atoms with Crippen LogP contribution in [0, 0.1) is 0 Å². The van der Waals surface area contributed by atoms with Crippen molar-refractivity contribution in [2.45, 2.75) is 32.9 Å². The number of benzene rings is 1. The van der Waals surface area contributed by atoms with Crippen molar-refractivity contribution in [3.8, 4) is 0 Å². The minimum absolute atomic E-state index is 0.167. The van der Waals surface area contributed by atoms with E-state index in [1.165, 1.54) is 10.9 Å². The molecule has 0 aliphatic carbocycles. The summed E-state index contributed by atoms with van der Waals surface area (Å²) >= 11 is 6.03. The molecule has 1 heterocycles. The minimum Gasteiger partial charge on any atom is -0.346 e. The lowest BCUT2D eigenvalue weighted by atomic mass is 10.1. The van der Waals surface area contributed by atoms with Crippen molar-refractivity contribution in [3.05, 3.63) is 35.5 Å². The average Bonchev–Trinajstić information content (AvgIpc) is 2.59. The van der Waals surface area contributed by atoms with Gasteiger partial charge in [-0.2, -0.15) is 0 Å². The molecule has 0 spiro atoms. The number of nitrogens with one attached hydrogen (secondary N) is 1. The first-order chi connectivity index (χ1) is 7.96. The molecule has 2 nitrogen and oxygen atoms in total. The van der Waals surface area contributed by atoms with Gasteiger partial charge in [-0.3, -0.25) is 0 Å². The molecule has 0 aliphatic rings. The molecule has 0 atom stereocenters. The topological polar surface area (TPSA) is 17.0 Å². The van der Waals surface area contributed by atoms with Crippen LogP contribution in [0.2, 0.25) is 5.02 Å². The average molecular weight is 251 g/mol. The largest absolute Gasteiger partial charge is 0.346 e. The molecule has 0 radical (unpaired) electrons. The summed E-state index contributed by atoms with van der Waals surface area (Å²) in [6, 6.07) is 8.14. The van der Waals surface area contributed by atoms with E-state index in [1.807, 2.05) is 12.1 Å². The van der Waals surface area contributed by atoms with Crippen LogP contribution in [0.1, 0.15) is 20.8 Å². The van der Waals surface area contributed by atoms with Crippen LogP contribution in [-0.4, -0.2) is 16.7 Å². The summed E-state index contributed by atoms with van der Waals surface area (Å²) in [6.07, 6.45) is 2.12. The van der Waals surface area contributed by atoms with Gasteiger partial charge in [-0.1, -0.05) is 17.7 Å². The van der Waals surface area contributed by atoms with Crippen LogP contribution < -0.4 is 5.32 Å². The second-order valence-corrected chi connectivity index (χ2v) is 5.83. The van der Waals surface area contributed by atoms with E-state index in [1.54, 1.807) is 0 Å². The summed E-state index contributed by atoms with van der Waals surface area (Å²) in [7, 11) is 0.